The number of halogens is 4. The van der Waals surface area contributed by atoms with Crippen LogP contribution in [0.4, 0.5) is 13.2 Å². The molecule has 0 heterocycles. The number of hydrazine groups is 1. The van der Waals surface area contributed by atoms with Crippen LogP contribution in [0.3, 0.4) is 0 Å². The second-order valence-corrected chi connectivity index (χ2v) is 3.38. The standard InChI is InChI=1S/C7H10F3IN2/c1-3-4(2)5(11)6(13-12)7(8,9)10/h3,13H,12H2,1-2H3/b4-3+,6-5+. The first-order chi connectivity index (χ1) is 5.84. The van der Waals surface area contributed by atoms with Crippen molar-refractivity contribution in [2.24, 2.45) is 5.84 Å². The second-order valence-electron chi connectivity index (χ2n) is 2.30. The maximum atomic E-state index is 12.2. The quantitative estimate of drug-likeness (QED) is 0.356. The van der Waals surface area contributed by atoms with Gasteiger partial charge in [-0.05, 0) is 42.0 Å². The number of hydrogen-bond donors (Lipinski definition) is 2. The van der Waals surface area contributed by atoms with Gasteiger partial charge in [0.25, 0.3) is 0 Å². The summed E-state index contributed by atoms with van der Waals surface area (Å²) in [6.07, 6.45) is -2.85. The summed E-state index contributed by atoms with van der Waals surface area (Å²) < 4.78 is 36.8. The van der Waals surface area contributed by atoms with Crippen LogP contribution in [-0.2, 0) is 0 Å². The van der Waals surface area contributed by atoms with Crippen molar-refractivity contribution in [2.75, 3.05) is 0 Å². The Morgan fingerprint density at radius 2 is 1.92 bits per heavy atom. The Kier molecular flexibility index (Phi) is 4.76. The minimum absolute atomic E-state index is 0.0788. The van der Waals surface area contributed by atoms with Crippen molar-refractivity contribution >= 4 is 22.6 Å². The third-order valence-electron chi connectivity index (χ3n) is 1.43. The van der Waals surface area contributed by atoms with Gasteiger partial charge in [-0.1, -0.05) is 6.08 Å². The van der Waals surface area contributed by atoms with Crippen molar-refractivity contribution in [2.45, 2.75) is 20.0 Å². The minimum atomic E-state index is -4.43. The van der Waals surface area contributed by atoms with Crippen LogP contribution >= 0.6 is 22.6 Å². The highest BCUT2D eigenvalue weighted by atomic mass is 127. The average Bonchev–Trinajstić information content (AvgIpc) is 2.01. The van der Waals surface area contributed by atoms with Crippen molar-refractivity contribution in [1.82, 2.24) is 5.43 Å². The van der Waals surface area contributed by atoms with Gasteiger partial charge in [-0.15, -0.1) is 0 Å². The van der Waals surface area contributed by atoms with Crippen molar-refractivity contribution in [3.63, 3.8) is 0 Å². The zero-order valence-electron chi connectivity index (χ0n) is 7.17. The summed E-state index contributed by atoms with van der Waals surface area (Å²) in [5.74, 6) is 4.79. The van der Waals surface area contributed by atoms with Gasteiger partial charge in [0, 0.05) is 3.58 Å². The van der Waals surface area contributed by atoms with Crippen LogP contribution in [0.25, 0.3) is 0 Å². The third-order valence-corrected chi connectivity index (χ3v) is 2.82. The van der Waals surface area contributed by atoms with Crippen LogP contribution in [0.5, 0.6) is 0 Å². The van der Waals surface area contributed by atoms with Gasteiger partial charge in [-0.3, -0.25) is 5.84 Å². The van der Waals surface area contributed by atoms with E-state index in [9.17, 15) is 13.2 Å². The summed E-state index contributed by atoms with van der Waals surface area (Å²) in [7, 11) is 0. The van der Waals surface area contributed by atoms with E-state index in [-0.39, 0.29) is 3.58 Å². The monoisotopic (exact) mass is 306 g/mol. The van der Waals surface area contributed by atoms with Crippen molar-refractivity contribution in [3.8, 4) is 0 Å². The summed E-state index contributed by atoms with van der Waals surface area (Å²) in [5, 5.41) is 0. The molecule has 13 heavy (non-hydrogen) atoms. The lowest BCUT2D eigenvalue weighted by Gasteiger charge is -2.13. The number of nitrogens with two attached hydrogens (primary N) is 1. The normalized spacial score (nSPS) is 15.5. The molecule has 0 atom stereocenters. The molecule has 0 rings (SSSR count). The van der Waals surface area contributed by atoms with Gasteiger partial charge in [0.1, 0.15) is 5.70 Å². The molecule has 0 bridgehead atoms. The summed E-state index contributed by atoms with van der Waals surface area (Å²) >= 11 is 1.60. The lowest BCUT2D eigenvalue weighted by atomic mass is 10.2. The molecular weight excluding hydrogens is 296 g/mol. The van der Waals surface area contributed by atoms with Crippen LogP contribution in [0, 0.1) is 0 Å². The largest absolute Gasteiger partial charge is 0.433 e. The zero-order chi connectivity index (χ0) is 10.6. The van der Waals surface area contributed by atoms with Crippen molar-refractivity contribution < 1.29 is 13.2 Å². The van der Waals surface area contributed by atoms with E-state index in [1.165, 1.54) is 0 Å². The maximum absolute atomic E-state index is 12.2. The molecule has 0 aliphatic carbocycles. The molecule has 0 saturated carbocycles. The molecular formula is C7H10F3IN2. The molecule has 0 aromatic rings. The van der Waals surface area contributed by atoms with E-state index in [0.717, 1.165) is 0 Å². The predicted molar refractivity (Wildman–Crippen MR) is 53.9 cm³/mol. The lowest BCUT2D eigenvalue weighted by Crippen LogP contribution is -2.32. The van der Waals surface area contributed by atoms with Crippen LogP contribution in [0.15, 0.2) is 20.9 Å². The van der Waals surface area contributed by atoms with E-state index in [2.05, 4.69) is 0 Å². The van der Waals surface area contributed by atoms with Crippen molar-refractivity contribution in [3.05, 3.63) is 20.9 Å². The Bertz CT molecular complexity index is 243. The molecule has 76 valence electrons. The summed E-state index contributed by atoms with van der Waals surface area (Å²) in [6, 6.07) is 0. The van der Waals surface area contributed by atoms with Crippen molar-refractivity contribution in [1.29, 1.82) is 0 Å². The number of nitrogens with one attached hydrogen (secondary N) is 1. The molecule has 0 fully saturated rings. The van der Waals surface area contributed by atoms with Gasteiger partial charge in [0.15, 0.2) is 0 Å². The van der Waals surface area contributed by atoms with E-state index < -0.39 is 11.9 Å². The molecule has 3 N–H and O–H groups in total. The molecule has 0 aromatic heterocycles. The van der Waals surface area contributed by atoms with Crippen LogP contribution < -0.4 is 11.3 Å². The second kappa shape index (κ2) is 4.85. The topological polar surface area (TPSA) is 38.0 Å². The molecule has 0 saturated heterocycles. The molecule has 0 spiro atoms. The first-order valence-electron chi connectivity index (χ1n) is 3.41. The highest BCUT2D eigenvalue weighted by Crippen LogP contribution is 2.31. The van der Waals surface area contributed by atoms with Gasteiger partial charge in [-0.25, -0.2) is 0 Å². The molecule has 0 aromatic carbocycles. The first kappa shape index (κ1) is 12.8. The van der Waals surface area contributed by atoms with Crippen LogP contribution in [0.2, 0.25) is 0 Å². The Morgan fingerprint density at radius 3 is 2.15 bits per heavy atom. The van der Waals surface area contributed by atoms with Gasteiger partial charge in [0.05, 0.1) is 0 Å². The number of hydrogen-bond acceptors (Lipinski definition) is 2. The van der Waals surface area contributed by atoms with E-state index in [1.807, 2.05) is 0 Å². The predicted octanol–water partition coefficient (Wildman–Crippen LogP) is 2.62. The Hall–Kier alpha value is -0.240. The zero-order valence-corrected chi connectivity index (χ0v) is 9.32. The average molecular weight is 306 g/mol. The fourth-order valence-electron chi connectivity index (χ4n) is 0.594. The Morgan fingerprint density at radius 1 is 1.46 bits per heavy atom. The first-order valence-corrected chi connectivity index (χ1v) is 4.49. The summed E-state index contributed by atoms with van der Waals surface area (Å²) in [4.78, 5) is 0. The van der Waals surface area contributed by atoms with E-state index in [1.54, 1.807) is 47.9 Å². The highest BCUT2D eigenvalue weighted by molar-refractivity contribution is 14.1. The smallest absolute Gasteiger partial charge is 0.319 e. The summed E-state index contributed by atoms with van der Waals surface area (Å²) in [5.41, 5.74) is 1.28. The number of allylic oxidation sites excluding steroid dienone is 4. The third kappa shape index (κ3) is 3.55. The maximum Gasteiger partial charge on any atom is 0.433 e. The summed E-state index contributed by atoms with van der Waals surface area (Å²) in [6.45, 7) is 3.25. The molecule has 0 aliphatic heterocycles. The highest BCUT2D eigenvalue weighted by Gasteiger charge is 2.35. The fourth-order valence-corrected chi connectivity index (χ4v) is 1.37. The Labute approximate surface area is 88.2 Å². The van der Waals surface area contributed by atoms with E-state index in [4.69, 9.17) is 5.84 Å². The molecule has 6 heteroatoms. The van der Waals surface area contributed by atoms with Gasteiger partial charge < -0.3 is 5.43 Å². The van der Waals surface area contributed by atoms with E-state index in [0.29, 0.717) is 5.57 Å². The van der Waals surface area contributed by atoms with Gasteiger partial charge in [0.2, 0.25) is 0 Å². The Balaban J connectivity index is 5.15. The molecule has 0 radical (unpaired) electrons. The van der Waals surface area contributed by atoms with Gasteiger partial charge in [-0.2, -0.15) is 13.2 Å². The SMILES string of the molecule is C/C=C(C)/C(I)=C(\NN)C(F)(F)F. The number of alkyl halides is 3. The molecule has 0 unspecified atom stereocenters. The van der Waals surface area contributed by atoms with Gasteiger partial charge >= 0.3 is 6.18 Å². The number of rotatable bonds is 2. The molecule has 2 nitrogen and oxygen atoms in total. The molecule has 0 amide bonds. The van der Waals surface area contributed by atoms with E-state index >= 15 is 0 Å². The van der Waals surface area contributed by atoms with Crippen LogP contribution in [-0.4, -0.2) is 6.18 Å². The molecule has 0 aliphatic rings. The fraction of sp³-hybridized carbons (Fsp3) is 0.429. The lowest BCUT2D eigenvalue weighted by molar-refractivity contribution is -0.0969. The van der Waals surface area contributed by atoms with Crippen LogP contribution in [0.1, 0.15) is 13.8 Å². The minimum Gasteiger partial charge on any atom is -0.319 e.